The Balaban J connectivity index is 2.15. The predicted molar refractivity (Wildman–Crippen MR) is 95.0 cm³/mol. The minimum absolute atomic E-state index is 0.729. The molecule has 1 aromatic carbocycles. The molecular formula is C18H24ClN3O. The Bertz CT molecular complexity index is 666. The smallest absolute Gasteiger partial charge is 0.123 e. The monoisotopic (exact) mass is 333 g/mol. The Kier molecular flexibility index (Phi) is 6.25. The summed E-state index contributed by atoms with van der Waals surface area (Å²) in [5.74, 6) is 0.868. The van der Waals surface area contributed by atoms with Gasteiger partial charge in [-0.05, 0) is 31.7 Å². The molecule has 1 aromatic heterocycles. The topological polar surface area (TPSA) is 30.3 Å². The summed E-state index contributed by atoms with van der Waals surface area (Å²) in [6.45, 7) is 11.3. The highest BCUT2D eigenvalue weighted by Gasteiger charge is 2.13. The van der Waals surface area contributed by atoms with E-state index in [9.17, 15) is 0 Å². The minimum Gasteiger partial charge on any atom is -0.496 e. The van der Waals surface area contributed by atoms with Gasteiger partial charge in [-0.2, -0.15) is 5.10 Å². The molecule has 1 heterocycles. The highest BCUT2D eigenvalue weighted by Crippen LogP contribution is 2.24. The van der Waals surface area contributed by atoms with Crippen LogP contribution in [0.4, 0.5) is 0 Å². The van der Waals surface area contributed by atoms with Crippen LogP contribution >= 0.6 is 11.6 Å². The van der Waals surface area contributed by atoms with Crippen LogP contribution in [0.15, 0.2) is 37.1 Å². The van der Waals surface area contributed by atoms with Crippen molar-refractivity contribution < 1.29 is 4.74 Å². The third kappa shape index (κ3) is 4.36. The summed E-state index contributed by atoms with van der Waals surface area (Å²) in [6, 6.07) is 5.74. The lowest BCUT2D eigenvalue weighted by Crippen LogP contribution is -2.23. The molecule has 0 bridgehead atoms. The van der Waals surface area contributed by atoms with Crippen molar-refractivity contribution in [3.63, 3.8) is 0 Å². The minimum atomic E-state index is 0.729. The quantitative estimate of drug-likeness (QED) is 0.682. The Labute approximate surface area is 143 Å². The zero-order chi connectivity index (χ0) is 16.8. The van der Waals surface area contributed by atoms with Gasteiger partial charge in [0.2, 0.25) is 0 Å². The third-order valence-electron chi connectivity index (χ3n) is 3.98. The second kappa shape index (κ2) is 8.18. The van der Waals surface area contributed by atoms with E-state index in [4.69, 9.17) is 16.3 Å². The van der Waals surface area contributed by atoms with Crippen LogP contribution in [0, 0.1) is 6.92 Å². The van der Waals surface area contributed by atoms with Crippen molar-refractivity contribution in [3.05, 3.63) is 58.9 Å². The Morgan fingerprint density at radius 2 is 2.09 bits per heavy atom. The van der Waals surface area contributed by atoms with Gasteiger partial charge in [-0.15, -0.1) is 6.58 Å². The number of methoxy groups -OCH3 is 1. The highest BCUT2D eigenvalue weighted by molar-refractivity contribution is 6.30. The van der Waals surface area contributed by atoms with Gasteiger partial charge < -0.3 is 4.74 Å². The van der Waals surface area contributed by atoms with Crippen LogP contribution in [-0.2, 0) is 19.6 Å². The van der Waals surface area contributed by atoms with Gasteiger partial charge >= 0.3 is 0 Å². The molecular weight excluding hydrogens is 310 g/mol. The standard InChI is InChI=1S/C18H24ClN3O/c1-5-9-22-14(3)16(11-20-22)13-21(6-2)12-15-10-17(19)7-8-18(15)23-4/h5,7-8,10-11H,1,6,9,12-13H2,2-4H3. The second-order valence-electron chi connectivity index (χ2n) is 5.49. The molecule has 0 unspecified atom stereocenters. The van der Waals surface area contributed by atoms with Crippen molar-refractivity contribution in [1.29, 1.82) is 0 Å². The number of hydrogen-bond donors (Lipinski definition) is 0. The van der Waals surface area contributed by atoms with Crippen LogP contribution in [0.3, 0.4) is 0 Å². The molecule has 0 aliphatic rings. The zero-order valence-electron chi connectivity index (χ0n) is 14.1. The fourth-order valence-electron chi connectivity index (χ4n) is 2.58. The fraction of sp³-hybridized carbons (Fsp3) is 0.389. The van der Waals surface area contributed by atoms with Crippen LogP contribution in [0.2, 0.25) is 5.02 Å². The summed E-state index contributed by atoms with van der Waals surface area (Å²) in [5.41, 5.74) is 3.51. The first kappa shape index (κ1) is 17.6. The number of aromatic nitrogens is 2. The van der Waals surface area contributed by atoms with Gasteiger partial charge in [-0.25, -0.2) is 0 Å². The summed E-state index contributed by atoms with van der Waals surface area (Å²) in [4.78, 5) is 2.34. The van der Waals surface area contributed by atoms with Crippen molar-refractivity contribution in [2.45, 2.75) is 33.5 Å². The number of allylic oxidation sites excluding steroid dienone is 1. The number of hydrogen-bond acceptors (Lipinski definition) is 3. The number of ether oxygens (including phenoxy) is 1. The molecule has 23 heavy (non-hydrogen) atoms. The SMILES string of the molecule is C=CCn1ncc(CN(CC)Cc2cc(Cl)ccc2OC)c1C. The molecule has 0 amide bonds. The largest absolute Gasteiger partial charge is 0.496 e. The van der Waals surface area contributed by atoms with E-state index in [0.29, 0.717) is 0 Å². The lowest BCUT2D eigenvalue weighted by molar-refractivity contribution is 0.265. The zero-order valence-corrected chi connectivity index (χ0v) is 14.8. The van der Waals surface area contributed by atoms with Crippen molar-refractivity contribution >= 4 is 11.6 Å². The number of benzene rings is 1. The van der Waals surface area contributed by atoms with Crippen molar-refractivity contribution in [3.8, 4) is 5.75 Å². The first-order valence-corrected chi connectivity index (χ1v) is 8.13. The van der Waals surface area contributed by atoms with Crippen LogP contribution in [-0.4, -0.2) is 28.3 Å². The van der Waals surface area contributed by atoms with Crippen LogP contribution in [0.1, 0.15) is 23.7 Å². The molecule has 0 spiro atoms. The maximum Gasteiger partial charge on any atom is 0.123 e. The average Bonchev–Trinajstić information content (AvgIpc) is 2.88. The number of rotatable bonds is 8. The summed E-state index contributed by atoms with van der Waals surface area (Å²) in [7, 11) is 1.69. The lowest BCUT2D eigenvalue weighted by atomic mass is 10.1. The van der Waals surface area contributed by atoms with E-state index in [-0.39, 0.29) is 0 Å². The van der Waals surface area contributed by atoms with Gasteiger partial charge in [0.15, 0.2) is 0 Å². The van der Waals surface area contributed by atoms with Gasteiger partial charge in [0.05, 0.1) is 19.9 Å². The second-order valence-corrected chi connectivity index (χ2v) is 5.92. The predicted octanol–water partition coefficient (Wildman–Crippen LogP) is 4.06. The average molecular weight is 334 g/mol. The highest BCUT2D eigenvalue weighted by atomic mass is 35.5. The molecule has 0 aliphatic heterocycles. The first-order valence-electron chi connectivity index (χ1n) is 7.76. The fourth-order valence-corrected chi connectivity index (χ4v) is 2.77. The maximum atomic E-state index is 6.13. The van der Waals surface area contributed by atoms with Gasteiger partial charge in [0.1, 0.15) is 5.75 Å². The Morgan fingerprint density at radius 3 is 2.74 bits per heavy atom. The summed E-state index contributed by atoms with van der Waals surface area (Å²) in [6.07, 6.45) is 3.80. The molecule has 0 atom stereocenters. The Hall–Kier alpha value is -1.78. The molecule has 0 saturated heterocycles. The maximum absolute atomic E-state index is 6.13. The van der Waals surface area contributed by atoms with Gasteiger partial charge in [0, 0.05) is 34.9 Å². The third-order valence-corrected chi connectivity index (χ3v) is 4.22. The molecule has 5 heteroatoms. The molecule has 124 valence electrons. The molecule has 2 aromatic rings. The number of nitrogens with zero attached hydrogens (tertiary/aromatic N) is 3. The van der Waals surface area contributed by atoms with E-state index in [1.54, 1.807) is 7.11 Å². The molecule has 2 rings (SSSR count). The van der Waals surface area contributed by atoms with Crippen molar-refractivity contribution in [2.75, 3.05) is 13.7 Å². The van der Waals surface area contributed by atoms with E-state index in [2.05, 4.69) is 30.4 Å². The van der Waals surface area contributed by atoms with Gasteiger partial charge in [0.25, 0.3) is 0 Å². The Morgan fingerprint density at radius 1 is 1.35 bits per heavy atom. The van der Waals surface area contributed by atoms with Crippen molar-refractivity contribution in [2.24, 2.45) is 0 Å². The lowest BCUT2D eigenvalue weighted by Gasteiger charge is -2.21. The molecule has 0 N–H and O–H groups in total. The van der Waals surface area contributed by atoms with Crippen LogP contribution in [0.25, 0.3) is 0 Å². The van der Waals surface area contributed by atoms with Crippen LogP contribution < -0.4 is 4.74 Å². The molecule has 4 nitrogen and oxygen atoms in total. The van der Waals surface area contributed by atoms with E-state index < -0.39 is 0 Å². The van der Waals surface area contributed by atoms with Crippen molar-refractivity contribution in [1.82, 2.24) is 14.7 Å². The molecule has 0 fully saturated rings. The van der Waals surface area contributed by atoms with E-state index in [1.165, 1.54) is 11.3 Å². The summed E-state index contributed by atoms with van der Waals surface area (Å²) < 4.78 is 7.41. The van der Waals surface area contributed by atoms with Gasteiger partial charge in [-0.1, -0.05) is 24.6 Å². The van der Waals surface area contributed by atoms with E-state index in [0.717, 1.165) is 42.5 Å². The summed E-state index contributed by atoms with van der Waals surface area (Å²) in [5, 5.41) is 5.15. The van der Waals surface area contributed by atoms with Crippen LogP contribution in [0.5, 0.6) is 5.75 Å². The number of halogens is 1. The van der Waals surface area contributed by atoms with E-state index >= 15 is 0 Å². The first-order chi connectivity index (χ1) is 11.1. The molecule has 0 saturated carbocycles. The molecule has 0 aliphatic carbocycles. The van der Waals surface area contributed by atoms with E-state index in [1.807, 2.05) is 35.2 Å². The van der Waals surface area contributed by atoms with Gasteiger partial charge in [-0.3, -0.25) is 9.58 Å². The summed E-state index contributed by atoms with van der Waals surface area (Å²) >= 11 is 6.13. The molecule has 0 radical (unpaired) electrons. The normalized spacial score (nSPS) is 11.0.